The fourth-order valence-electron chi connectivity index (χ4n) is 4.07. The predicted octanol–water partition coefficient (Wildman–Crippen LogP) is 1.82. The predicted molar refractivity (Wildman–Crippen MR) is 106 cm³/mol. The molecule has 3 N–H and O–H groups in total. The number of aromatic nitrogens is 1. The highest BCUT2D eigenvalue weighted by Crippen LogP contribution is 2.31. The molecule has 1 unspecified atom stereocenters. The SMILES string of the molecule is O=CN(O)C[C@@H](CC1CCCC1)C(=O)N1NCCC1C(=O)Nc1ccc(Cl)cn1. The maximum Gasteiger partial charge on any atom is 0.250 e. The third-order valence-corrected chi connectivity index (χ3v) is 5.72. The first-order chi connectivity index (χ1) is 14.0. The van der Waals surface area contributed by atoms with E-state index in [1.54, 1.807) is 12.1 Å². The van der Waals surface area contributed by atoms with Crippen LogP contribution in [0.2, 0.25) is 5.02 Å². The van der Waals surface area contributed by atoms with E-state index in [-0.39, 0.29) is 18.4 Å². The first-order valence-corrected chi connectivity index (χ1v) is 10.3. The van der Waals surface area contributed by atoms with Gasteiger partial charge in [-0.05, 0) is 30.9 Å². The molecule has 1 aliphatic heterocycles. The quantitative estimate of drug-likeness (QED) is 0.334. The molecule has 9 nitrogen and oxygen atoms in total. The summed E-state index contributed by atoms with van der Waals surface area (Å²) in [4.78, 5) is 40.8. The summed E-state index contributed by atoms with van der Waals surface area (Å²) in [5, 5.41) is 14.7. The molecule has 3 rings (SSSR count). The molecule has 29 heavy (non-hydrogen) atoms. The Hall–Kier alpha value is -2.23. The van der Waals surface area contributed by atoms with Gasteiger partial charge in [-0.25, -0.2) is 15.5 Å². The van der Waals surface area contributed by atoms with Gasteiger partial charge in [0.05, 0.1) is 17.5 Å². The Labute approximate surface area is 174 Å². The molecule has 2 heterocycles. The van der Waals surface area contributed by atoms with Gasteiger partial charge in [-0.2, -0.15) is 0 Å². The number of nitrogens with one attached hydrogen (secondary N) is 2. The van der Waals surface area contributed by atoms with E-state index < -0.39 is 12.0 Å². The molecule has 2 aliphatic rings. The number of carbonyl (C=O) groups is 3. The van der Waals surface area contributed by atoms with Crippen molar-refractivity contribution < 1.29 is 19.6 Å². The summed E-state index contributed by atoms with van der Waals surface area (Å²) in [5.41, 5.74) is 2.97. The van der Waals surface area contributed by atoms with Crippen molar-refractivity contribution in [1.29, 1.82) is 0 Å². The number of hydrogen-bond donors (Lipinski definition) is 3. The fourth-order valence-corrected chi connectivity index (χ4v) is 4.18. The largest absolute Gasteiger partial charge is 0.309 e. The summed E-state index contributed by atoms with van der Waals surface area (Å²) in [6.45, 7) is 0.384. The zero-order valence-electron chi connectivity index (χ0n) is 16.1. The number of pyridine rings is 1. The zero-order valence-corrected chi connectivity index (χ0v) is 16.8. The molecule has 2 fully saturated rings. The summed E-state index contributed by atoms with van der Waals surface area (Å²) in [6.07, 6.45) is 7.09. The van der Waals surface area contributed by atoms with Crippen molar-refractivity contribution in [1.82, 2.24) is 20.5 Å². The lowest BCUT2D eigenvalue weighted by Gasteiger charge is -2.29. The Bertz CT molecular complexity index is 726. The number of carbonyl (C=O) groups excluding carboxylic acids is 3. The van der Waals surface area contributed by atoms with Crippen molar-refractivity contribution in [2.45, 2.75) is 44.6 Å². The van der Waals surface area contributed by atoms with Crippen molar-refractivity contribution in [3.63, 3.8) is 0 Å². The number of amides is 3. The highest BCUT2D eigenvalue weighted by molar-refractivity contribution is 6.30. The molecule has 1 aromatic heterocycles. The van der Waals surface area contributed by atoms with Gasteiger partial charge in [0.25, 0.3) is 0 Å². The van der Waals surface area contributed by atoms with Gasteiger partial charge in [0.1, 0.15) is 11.9 Å². The number of hydrogen-bond acceptors (Lipinski definition) is 6. The Morgan fingerprint density at radius 1 is 1.38 bits per heavy atom. The van der Waals surface area contributed by atoms with E-state index >= 15 is 0 Å². The van der Waals surface area contributed by atoms with E-state index in [0.29, 0.717) is 47.6 Å². The van der Waals surface area contributed by atoms with E-state index in [4.69, 9.17) is 11.6 Å². The lowest BCUT2D eigenvalue weighted by atomic mass is 9.92. The third-order valence-electron chi connectivity index (χ3n) is 5.50. The molecule has 0 radical (unpaired) electrons. The molecule has 3 amide bonds. The van der Waals surface area contributed by atoms with Crippen LogP contribution in [0.4, 0.5) is 5.82 Å². The van der Waals surface area contributed by atoms with E-state index in [1.807, 2.05) is 0 Å². The number of hydrazine groups is 1. The third kappa shape index (κ3) is 5.65. The average molecular weight is 424 g/mol. The van der Waals surface area contributed by atoms with Gasteiger partial charge < -0.3 is 5.32 Å². The van der Waals surface area contributed by atoms with Crippen molar-refractivity contribution in [3.05, 3.63) is 23.4 Å². The molecule has 158 valence electrons. The average Bonchev–Trinajstić information content (AvgIpc) is 3.40. The Balaban J connectivity index is 1.68. The smallest absolute Gasteiger partial charge is 0.250 e. The number of rotatable bonds is 8. The van der Waals surface area contributed by atoms with E-state index in [0.717, 1.165) is 25.7 Å². The van der Waals surface area contributed by atoms with Gasteiger partial charge in [0.15, 0.2) is 0 Å². The molecule has 0 spiro atoms. The Morgan fingerprint density at radius 3 is 2.79 bits per heavy atom. The topological polar surface area (TPSA) is 115 Å². The van der Waals surface area contributed by atoms with Crippen LogP contribution >= 0.6 is 11.6 Å². The van der Waals surface area contributed by atoms with Crippen LogP contribution in [0.1, 0.15) is 38.5 Å². The molecule has 1 saturated heterocycles. The standard InChI is InChI=1S/C19H26ClN5O4/c20-15-5-6-17(21-10-15)23-18(27)16-7-8-22-25(16)19(28)14(11-24(29)12-26)9-13-3-1-2-4-13/h5-6,10,12-14,16,22,29H,1-4,7-9,11H2,(H,21,23,27)/t14-,16?/m1/s1. The first kappa shape index (κ1) is 21.5. The number of halogens is 1. The molecular weight excluding hydrogens is 398 g/mol. The van der Waals surface area contributed by atoms with Crippen LogP contribution < -0.4 is 10.7 Å². The van der Waals surface area contributed by atoms with Crippen LogP contribution in [0.3, 0.4) is 0 Å². The van der Waals surface area contributed by atoms with Crippen molar-refractivity contribution >= 4 is 35.6 Å². The molecule has 1 saturated carbocycles. The minimum Gasteiger partial charge on any atom is -0.309 e. The number of anilines is 1. The highest BCUT2D eigenvalue weighted by Gasteiger charge is 2.39. The summed E-state index contributed by atoms with van der Waals surface area (Å²) in [7, 11) is 0. The number of nitrogens with zero attached hydrogens (tertiary/aromatic N) is 3. The molecular formula is C19H26ClN5O4. The summed E-state index contributed by atoms with van der Waals surface area (Å²) in [5.74, 6) is -0.489. The van der Waals surface area contributed by atoms with Crippen molar-refractivity contribution in [2.75, 3.05) is 18.4 Å². The summed E-state index contributed by atoms with van der Waals surface area (Å²) in [6, 6.07) is 2.51. The second kappa shape index (κ2) is 10.00. The van der Waals surface area contributed by atoms with Crippen molar-refractivity contribution in [3.8, 4) is 0 Å². The normalized spacial score (nSPS) is 20.5. The van der Waals surface area contributed by atoms with Gasteiger partial charge in [-0.3, -0.25) is 24.6 Å². The first-order valence-electron chi connectivity index (χ1n) is 9.87. The molecule has 0 bridgehead atoms. The summed E-state index contributed by atoms with van der Waals surface area (Å²) < 4.78 is 0. The fraction of sp³-hybridized carbons (Fsp3) is 0.579. The van der Waals surface area contributed by atoms with Crippen molar-refractivity contribution in [2.24, 2.45) is 11.8 Å². The van der Waals surface area contributed by atoms with Crippen LogP contribution in [0.25, 0.3) is 0 Å². The van der Waals surface area contributed by atoms with Crippen LogP contribution in [-0.4, -0.2) is 57.6 Å². The van der Waals surface area contributed by atoms with E-state index in [9.17, 15) is 19.6 Å². The van der Waals surface area contributed by atoms with E-state index in [2.05, 4.69) is 15.7 Å². The second-order valence-electron chi connectivity index (χ2n) is 7.58. The van der Waals surface area contributed by atoms with E-state index in [1.165, 1.54) is 11.2 Å². The van der Waals surface area contributed by atoms with Gasteiger partial charge in [0, 0.05) is 12.7 Å². The second-order valence-corrected chi connectivity index (χ2v) is 8.02. The zero-order chi connectivity index (χ0) is 20.8. The summed E-state index contributed by atoms with van der Waals surface area (Å²) >= 11 is 5.81. The van der Waals surface area contributed by atoms with Crippen LogP contribution in [0.15, 0.2) is 18.3 Å². The van der Waals surface area contributed by atoms with Gasteiger partial charge in [-0.1, -0.05) is 37.3 Å². The Morgan fingerprint density at radius 2 is 2.14 bits per heavy atom. The number of hydroxylamine groups is 2. The Kier molecular flexibility index (Phi) is 7.40. The molecule has 2 atom stereocenters. The maximum absolute atomic E-state index is 13.2. The minimum absolute atomic E-state index is 0.0932. The van der Waals surface area contributed by atoms with Crippen LogP contribution in [0.5, 0.6) is 0 Å². The lowest BCUT2D eigenvalue weighted by molar-refractivity contribution is -0.159. The molecule has 10 heteroatoms. The molecule has 1 aromatic rings. The van der Waals surface area contributed by atoms with Crippen LogP contribution in [-0.2, 0) is 14.4 Å². The highest BCUT2D eigenvalue weighted by atomic mass is 35.5. The van der Waals surface area contributed by atoms with Gasteiger partial charge >= 0.3 is 0 Å². The lowest BCUT2D eigenvalue weighted by Crippen LogP contribution is -2.51. The maximum atomic E-state index is 13.2. The molecule has 0 aromatic carbocycles. The molecule has 1 aliphatic carbocycles. The minimum atomic E-state index is -0.700. The van der Waals surface area contributed by atoms with Crippen LogP contribution in [0, 0.1) is 11.8 Å². The van der Waals surface area contributed by atoms with Gasteiger partial charge in [0.2, 0.25) is 18.2 Å². The van der Waals surface area contributed by atoms with Gasteiger partial charge in [-0.15, -0.1) is 0 Å². The monoisotopic (exact) mass is 423 g/mol.